The van der Waals surface area contributed by atoms with Crippen LogP contribution in [0.5, 0.6) is 11.5 Å². The van der Waals surface area contributed by atoms with E-state index in [2.05, 4.69) is 46.4 Å². The lowest BCUT2D eigenvalue weighted by molar-refractivity contribution is 0.482. The van der Waals surface area contributed by atoms with E-state index < -0.39 is 0 Å². The fraction of sp³-hybridized carbons (Fsp3) is 0.120. The summed E-state index contributed by atoms with van der Waals surface area (Å²) in [6.07, 6.45) is 1.83. The van der Waals surface area contributed by atoms with Crippen molar-refractivity contribution in [3.63, 3.8) is 0 Å². The molecular weight excluding hydrogens is 422 g/mol. The van der Waals surface area contributed by atoms with Crippen LogP contribution in [-0.2, 0) is 0 Å². The Balaban J connectivity index is 1.48. The molecular formula is C25H21N3OS2. The number of rotatable bonds is 5. The topological polar surface area (TPSA) is 37.4 Å². The fourth-order valence-corrected chi connectivity index (χ4v) is 5.19. The molecule has 1 aliphatic rings. The van der Waals surface area contributed by atoms with Gasteiger partial charge < -0.3 is 15.0 Å². The van der Waals surface area contributed by atoms with Gasteiger partial charge in [-0.05, 0) is 79.8 Å². The lowest BCUT2D eigenvalue weighted by Gasteiger charge is -2.27. The molecule has 6 heteroatoms. The lowest BCUT2D eigenvalue weighted by atomic mass is 10.0. The Morgan fingerprint density at radius 2 is 1.65 bits per heavy atom. The molecule has 0 amide bonds. The van der Waals surface area contributed by atoms with E-state index in [0.29, 0.717) is 5.11 Å². The lowest BCUT2D eigenvalue weighted by Crippen LogP contribution is -2.28. The molecule has 1 saturated heterocycles. The average Bonchev–Trinajstić information content (AvgIpc) is 3.38. The summed E-state index contributed by atoms with van der Waals surface area (Å²) in [5.74, 6) is 1.61. The van der Waals surface area contributed by atoms with Gasteiger partial charge in [0, 0.05) is 21.6 Å². The van der Waals surface area contributed by atoms with Crippen molar-refractivity contribution in [3.8, 4) is 11.5 Å². The molecule has 0 unspecified atom stereocenters. The fourth-order valence-electron chi connectivity index (χ4n) is 3.83. The third-order valence-electron chi connectivity index (χ3n) is 5.24. The molecule has 4 aromatic rings. The Hall–Kier alpha value is -3.22. The minimum Gasteiger partial charge on any atom is -0.457 e. The van der Waals surface area contributed by atoms with E-state index in [4.69, 9.17) is 17.0 Å². The number of anilines is 1. The van der Waals surface area contributed by atoms with Crippen LogP contribution in [0.25, 0.3) is 0 Å². The van der Waals surface area contributed by atoms with Crippen molar-refractivity contribution in [1.82, 2.24) is 10.3 Å². The van der Waals surface area contributed by atoms with Crippen LogP contribution in [0.3, 0.4) is 0 Å². The number of hydrogen-bond acceptors (Lipinski definition) is 4. The molecule has 0 bridgehead atoms. The molecule has 4 nitrogen and oxygen atoms in total. The monoisotopic (exact) mass is 443 g/mol. The third-order valence-corrected chi connectivity index (χ3v) is 6.63. The number of nitrogens with one attached hydrogen (secondary N) is 1. The van der Waals surface area contributed by atoms with Gasteiger partial charge in [0.1, 0.15) is 11.5 Å². The second-order valence-corrected chi connectivity index (χ2v) is 9.06. The Labute approximate surface area is 191 Å². The van der Waals surface area contributed by atoms with Crippen LogP contribution in [0.1, 0.15) is 27.5 Å². The molecule has 2 aromatic heterocycles. The number of para-hydroxylation sites is 1. The molecule has 3 heterocycles. The maximum absolute atomic E-state index is 5.95. The Morgan fingerprint density at radius 1 is 0.903 bits per heavy atom. The normalized spacial score (nSPS) is 18.1. The van der Waals surface area contributed by atoms with E-state index in [9.17, 15) is 0 Å². The molecule has 0 saturated carbocycles. The third kappa shape index (κ3) is 4.04. The second kappa shape index (κ2) is 8.49. The average molecular weight is 444 g/mol. The predicted molar refractivity (Wildman–Crippen MR) is 130 cm³/mol. The number of aryl methyl sites for hydroxylation is 1. The van der Waals surface area contributed by atoms with Crippen LogP contribution in [0.15, 0.2) is 91.1 Å². The first-order chi connectivity index (χ1) is 15.2. The first-order valence-corrected chi connectivity index (χ1v) is 11.3. The smallest absolute Gasteiger partial charge is 0.174 e. The van der Waals surface area contributed by atoms with Gasteiger partial charge >= 0.3 is 0 Å². The van der Waals surface area contributed by atoms with Crippen molar-refractivity contribution < 1.29 is 4.74 Å². The molecule has 0 spiro atoms. The summed E-state index contributed by atoms with van der Waals surface area (Å²) in [5.41, 5.74) is 2.00. The molecule has 154 valence electrons. The number of ether oxygens (including phenoxy) is 1. The van der Waals surface area contributed by atoms with E-state index in [1.807, 2.05) is 66.9 Å². The molecule has 0 radical (unpaired) electrons. The van der Waals surface area contributed by atoms with Crippen molar-refractivity contribution >= 4 is 34.4 Å². The maximum atomic E-state index is 5.95. The van der Waals surface area contributed by atoms with Crippen LogP contribution in [-0.4, -0.2) is 10.1 Å². The van der Waals surface area contributed by atoms with Gasteiger partial charge in [0.2, 0.25) is 0 Å². The number of benzene rings is 2. The van der Waals surface area contributed by atoms with Gasteiger partial charge in [-0.15, -0.1) is 11.3 Å². The summed E-state index contributed by atoms with van der Waals surface area (Å²) in [4.78, 5) is 9.32. The number of pyridine rings is 1. The quantitative estimate of drug-likeness (QED) is 0.360. The minimum absolute atomic E-state index is 0.0213. The number of aromatic nitrogens is 1. The number of nitrogens with zero attached hydrogens (tertiary/aromatic N) is 2. The van der Waals surface area contributed by atoms with Crippen LogP contribution in [0.2, 0.25) is 0 Å². The summed E-state index contributed by atoms with van der Waals surface area (Å²) >= 11 is 7.58. The van der Waals surface area contributed by atoms with Crippen LogP contribution < -0.4 is 15.0 Å². The van der Waals surface area contributed by atoms with Crippen molar-refractivity contribution in [2.75, 3.05) is 4.90 Å². The summed E-state index contributed by atoms with van der Waals surface area (Å²) in [6.45, 7) is 2.13. The largest absolute Gasteiger partial charge is 0.457 e. The summed E-state index contributed by atoms with van der Waals surface area (Å²) in [6, 6.07) is 28.2. The number of thiocarbonyl (C=S) groups is 1. The predicted octanol–water partition coefficient (Wildman–Crippen LogP) is 6.42. The van der Waals surface area contributed by atoms with Gasteiger partial charge in [-0.25, -0.2) is 0 Å². The van der Waals surface area contributed by atoms with Crippen molar-refractivity contribution in [2.45, 2.75) is 19.0 Å². The minimum atomic E-state index is -0.0213. The Kier molecular flexibility index (Phi) is 5.40. The zero-order valence-corrected chi connectivity index (χ0v) is 18.6. The van der Waals surface area contributed by atoms with Crippen LogP contribution in [0, 0.1) is 6.92 Å². The van der Waals surface area contributed by atoms with Gasteiger partial charge in [-0.3, -0.25) is 4.98 Å². The highest BCUT2D eigenvalue weighted by Crippen LogP contribution is 2.43. The number of thiophene rings is 1. The first-order valence-electron chi connectivity index (χ1n) is 10.1. The highest BCUT2D eigenvalue weighted by Gasteiger charge is 2.41. The molecule has 0 aliphatic carbocycles. The van der Waals surface area contributed by atoms with E-state index in [-0.39, 0.29) is 12.1 Å². The van der Waals surface area contributed by atoms with Gasteiger partial charge in [-0.1, -0.05) is 24.3 Å². The Bertz CT molecular complexity index is 1180. The number of hydrogen-bond donors (Lipinski definition) is 1. The van der Waals surface area contributed by atoms with Gasteiger partial charge in [0.15, 0.2) is 5.11 Å². The first kappa shape index (κ1) is 19.7. The highest BCUT2D eigenvalue weighted by molar-refractivity contribution is 7.80. The second-order valence-electron chi connectivity index (χ2n) is 7.35. The van der Waals surface area contributed by atoms with Gasteiger partial charge in [0.25, 0.3) is 0 Å². The van der Waals surface area contributed by atoms with Crippen LogP contribution >= 0.6 is 23.6 Å². The van der Waals surface area contributed by atoms with Crippen molar-refractivity contribution in [3.05, 3.63) is 107 Å². The van der Waals surface area contributed by atoms with E-state index in [0.717, 1.165) is 22.9 Å². The summed E-state index contributed by atoms with van der Waals surface area (Å²) < 4.78 is 5.95. The van der Waals surface area contributed by atoms with E-state index >= 15 is 0 Å². The standard InChI is InChI=1S/C25H21N3OS2/c1-17-10-15-22(31-17)24-23(21-9-5-6-16-26-21)27-25(30)28(24)18-11-13-20(14-12-18)29-19-7-3-2-4-8-19/h2-16,23-24H,1H3,(H,27,30)/t23-,24+/m0/s1. The molecule has 5 rings (SSSR count). The zero-order chi connectivity index (χ0) is 21.2. The SMILES string of the molecule is Cc1ccc([C@@H]2[C@H](c3ccccn3)NC(=S)N2c2ccc(Oc3ccccc3)cc2)s1. The molecule has 1 fully saturated rings. The van der Waals surface area contributed by atoms with E-state index in [1.54, 1.807) is 11.3 Å². The molecule has 1 N–H and O–H groups in total. The molecule has 2 atom stereocenters. The molecule has 2 aromatic carbocycles. The van der Waals surface area contributed by atoms with Gasteiger partial charge in [-0.2, -0.15) is 0 Å². The summed E-state index contributed by atoms with van der Waals surface area (Å²) in [5, 5.41) is 4.20. The van der Waals surface area contributed by atoms with Crippen LogP contribution in [0.4, 0.5) is 5.69 Å². The van der Waals surface area contributed by atoms with Gasteiger partial charge in [0.05, 0.1) is 17.8 Å². The van der Waals surface area contributed by atoms with E-state index in [1.165, 1.54) is 9.75 Å². The zero-order valence-electron chi connectivity index (χ0n) is 16.9. The van der Waals surface area contributed by atoms with Crippen molar-refractivity contribution in [1.29, 1.82) is 0 Å². The summed E-state index contributed by atoms with van der Waals surface area (Å²) in [7, 11) is 0. The molecule has 31 heavy (non-hydrogen) atoms. The molecule has 1 aliphatic heterocycles. The Morgan fingerprint density at radius 3 is 2.32 bits per heavy atom. The van der Waals surface area contributed by atoms with Crippen molar-refractivity contribution in [2.24, 2.45) is 0 Å². The maximum Gasteiger partial charge on any atom is 0.174 e. The highest BCUT2D eigenvalue weighted by atomic mass is 32.1.